The maximum Gasteiger partial charge on any atom is 0.410 e. The van der Waals surface area contributed by atoms with Crippen molar-refractivity contribution in [3.05, 3.63) is 58.7 Å². The van der Waals surface area contributed by atoms with Gasteiger partial charge in [-0.25, -0.2) is 4.79 Å². The van der Waals surface area contributed by atoms with Crippen molar-refractivity contribution < 1.29 is 9.53 Å². The first-order valence-corrected chi connectivity index (χ1v) is 16.0. The van der Waals surface area contributed by atoms with Gasteiger partial charge in [-0.3, -0.25) is 9.80 Å². The normalized spacial score (nSPS) is 23.5. The van der Waals surface area contributed by atoms with Gasteiger partial charge in [0.05, 0.1) is 0 Å². The van der Waals surface area contributed by atoms with Crippen LogP contribution in [0.25, 0.3) is 0 Å². The highest BCUT2D eigenvalue weighted by atomic mass is 16.6. The molecule has 4 aliphatic rings. The summed E-state index contributed by atoms with van der Waals surface area (Å²) in [5.74, 6) is 0. The molecule has 0 radical (unpaired) electrons. The molecule has 0 bridgehead atoms. The minimum Gasteiger partial charge on any atom is -0.444 e. The molecule has 2 aromatic carbocycles. The minimum absolute atomic E-state index is 0.218. The van der Waals surface area contributed by atoms with Gasteiger partial charge < -0.3 is 25.2 Å². The summed E-state index contributed by atoms with van der Waals surface area (Å²) in [5.41, 5.74) is 7.55. The van der Waals surface area contributed by atoms with Gasteiger partial charge in [0, 0.05) is 82.4 Å². The summed E-state index contributed by atoms with van der Waals surface area (Å²) >= 11 is 0. The number of carbonyl (C=O) groups excluding carboxylic acids is 1. The van der Waals surface area contributed by atoms with Crippen LogP contribution in [0.3, 0.4) is 0 Å². The van der Waals surface area contributed by atoms with Gasteiger partial charge in [0.1, 0.15) is 5.60 Å². The standard InChI is InChI=1S/C34H50N6O2/c1-34(2,3)42-33(41)40-16-10-26-6-8-30(20-28(26)22-40)36-32-12-15-39(24-32)18-17-38-14-9-25-5-7-29(19-27(25)21-38)35-31-11-13-37(4)23-31/h5-8,19-20,31-32,35-36H,9-18,21-24H2,1-4H3. The number of nitrogens with one attached hydrogen (secondary N) is 2. The van der Waals surface area contributed by atoms with Crippen molar-refractivity contribution >= 4 is 17.5 Å². The monoisotopic (exact) mass is 574 g/mol. The van der Waals surface area contributed by atoms with Crippen molar-refractivity contribution in [1.29, 1.82) is 0 Å². The zero-order chi connectivity index (χ0) is 29.3. The fraction of sp³-hybridized carbons (Fsp3) is 0.618. The second kappa shape index (κ2) is 12.4. The van der Waals surface area contributed by atoms with Crippen molar-refractivity contribution in [2.45, 2.75) is 77.2 Å². The summed E-state index contributed by atoms with van der Waals surface area (Å²) in [4.78, 5) is 22.1. The molecule has 0 aliphatic carbocycles. The number of hydrogen-bond acceptors (Lipinski definition) is 7. The molecule has 42 heavy (non-hydrogen) atoms. The molecule has 2 aromatic rings. The number of carbonyl (C=O) groups is 1. The Hall–Kier alpha value is -2.81. The van der Waals surface area contributed by atoms with Crippen molar-refractivity contribution in [1.82, 2.24) is 19.6 Å². The van der Waals surface area contributed by atoms with Crippen molar-refractivity contribution in [3.63, 3.8) is 0 Å². The maximum absolute atomic E-state index is 12.6. The zero-order valence-corrected chi connectivity index (χ0v) is 26.1. The molecule has 0 saturated carbocycles. The molecule has 4 aliphatic heterocycles. The van der Waals surface area contributed by atoms with Crippen molar-refractivity contribution in [2.24, 2.45) is 0 Å². The Bertz CT molecular complexity index is 1260. The molecular formula is C34H50N6O2. The molecule has 2 fully saturated rings. The largest absolute Gasteiger partial charge is 0.444 e. The van der Waals surface area contributed by atoms with E-state index in [1.807, 2.05) is 25.7 Å². The van der Waals surface area contributed by atoms with Gasteiger partial charge in [-0.2, -0.15) is 0 Å². The first-order valence-electron chi connectivity index (χ1n) is 16.0. The third-order valence-corrected chi connectivity index (χ3v) is 9.31. The lowest BCUT2D eigenvalue weighted by atomic mass is 9.99. The molecule has 4 heterocycles. The lowest BCUT2D eigenvalue weighted by molar-refractivity contribution is 0.0224. The number of nitrogens with zero attached hydrogens (tertiary/aromatic N) is 4. The molecule has 2 atom stereocenters. The Morgan fingerprint density at radius 1 is 0.786 bits per heavy atom. The molecule has 1 amide bonds. The predicted molar refractivity (Wildman–Crippen MR) is 170 cm³/mol. The Morgan fingerprint density at radius 2 is 1.40 bits per heavy atom. The van der Waals surface area contributed by atoms with Gasteiger partial charge in [-0.1, -0.05) is 12.1 Å². The highest BCUT2D eigenvalue weighted by molar-refractivity contribution is 5.69. The number of rotatable bonds is 7. The van der Waals surface area contributed by atoms with Crippen LogP contribution in [0.15, 0.2) is 36.4 Å². The third kappa shape index (κ3) is 7.39. The van der Waals surface area contributed by atoms with Crippen LogP contribution in [0, 0.1) is 0 Å². The number of amides is 1. The maximum atomic E-state index is 12.6. The lowest BCUT2D eigenvalue weighted by Gasteiger charge is -2.31. The molecule has 2 unspecified atom stereocenters. The summed E-state index contributed by atoms with van der Waals surface area (Å²) in [6.07, 6.45) is 4.20. The average Bonchev–Trinajstić information content (AvgIpc) is 3.58. The molecule has 0 aromatic heterocycles. The highest BCUT2D eigenvalue weighted by Crippen LogP contribution is 2.27. The van der Waals surface area contributed by atoms with Gasteiger partial charge in [0.25, 0.3) is 0 Å². The van der Waals surface area contributed by atoms with Crippen LogP contribution in [0.2, 0.25) is 0 Å². The second-order valence-electron chi connectivity index (χ2n) is 14.0. The number of hydrogen-bond donors (Lipinski definition) is 2. The van der Waals surface area contributed by atoms with Crippen LogP contribution in [0.5, 0.6) is 0 Å². The SMILES string of the molecule is CN1CCC(Nc2ccc3c(c2)CN(CCN2CCC(Nc4ccc5c(c4)CN(C(=O)OC(C)(C)C)CC5)C2)CC3)C1. The van der Waals surface area contributed by atoms with Crippen LogP contribution in [-0.2, 0) is 30.7 Å². The molecule has 0 spiro atoms. The molecule has 2 N–H and O–H groups in total. The van der Waals surface area contributed by atoms with E-state index < -0.39 is 5.60 Å². The second-order valence-corrected chi connectivity index (χ2v) is 14.0. The van der Waals surface area contributed by atoms with E-state index in [9.17, 15) is 4.79 Å². The van der Waals surface area contributed by atoms with Crippen LogP contribution in [0.4, 0.5) is 16.2 Å². The van der Waals surface area contributed by atoms with Crippen LogP contribution in [0.1, 0.15) is 55.9 Å². The number of likely N-dealkylation sites (N-methyl/N-ethyl adjacent to an activating group) is 1. The van der Waals surface area contributed by atoms with E-state index in [4.69, 9.17) is 4.74 Å². The number of likely N-dealkylation sites (tertiary alicyclic amines) is 2. The molecule has 228 valence electrons. The summed E-state index contributed by atoms with van der Waals surface area (Å²) in [7, 11) is 2.21. The zero-order valence-electron chi connectivity index (χ0n) is 26.1. The predicted octanol–water partition coefficient (Wildman–Crippen LogP) is 4.64. The molecular weight excluding hydrogens is 524 g/mol. The number of ether oxygens (including phenoxy) is 1. The summed E-state index contributed by atoms with van der Waals surface area (Å²) in [6, 6.07) is 14.7. The molecule has 2 saturated heterocycles. The number of benzene rings is 2. The summed E-state index contributed by atoms with van der Waals surface area (Å²) in [6.45, 7) is 16.1. The third-order valence-electron chi connectivity index (χ3n) is 9.31. The Balaban J connectivity index is 0.965. The van der Waals surface area contributed by atoms with E-state index >= 15 is 0 Å². The van der Waals surface area contributed by atoms with Gasteiger partial charge >= 0.3 is 6.09 Å². The fourth-order valence-electron chi connectivity index (χ4n) is 6.99. The Morgan fingerprint density at radius 3 is 2.07 bits per heavy atom. The number of fused-ring (bicyclic) bond motifs is 2. The minimum atomic E-state index is -0.471. The topological polar surface area (TPSA) is 63.3 Å². The van der Waals surface area contributed by atoms with Crippen LogP contribution >= 0.6 is 0 Å². The van der Waals surface area contributed by atoms with Crippen molar-refractivity contribution in [2.75, 3.05) is 70.0 Å². The first kappa shape index (κ1) is 29.3. The first-order chi connectivity index (χ1) is 20.2. The van der Waals surface area contributed by atoms with E-state index in [2.05, 4.69) is 68.8 Å². The molecule has 8 heteroatoms. The summed E-state index contributed by atoms with van der Waals surface area (Å²) in [5, 5.41) is 7.56. The van der Waals surface area contributed by atoms with E-state index in [1.165, 1.54) is 40.9 Å². The molecule has 6 rings (SSSR count). The van der Waals surface area contributed by atoms with Gasteiger partial charge in [0.15, 0.2) is 0 Å². The van der Waals surface area contributed by atoms with E-state index in [0.717, 1.165) is 70.8 Å². The van der Waals surface area contributed by atoms with Gasteiger partial charge in [-0.05, 0) is 107 Å². The lowest BCUT2D eigenvalue weighted by Crippen LogP contribution is -2.40. The summed E-state index contributed by atoms with van der Waals surface area (Å²) < 4.78 is 5.62. The van der Waals surface area contributed by atoms with Gasteiger partial charge in [0.2, 0.25) is 0 Å². The van der Waals surface area contributed by atoms with Crippen LogP contribution < -0.4 is 10.6 Å². The van der Waals surface area contributed by atoms with E-state index in [0.29, 0.717) is 25.2 Å². The van der Waals surface area contributed by atoms with E-state index in [-0.39, 0.29) is 6.09 Å². The highest BCUT2D eigenvalue weighted by Gasteiger charge is 2.27. The van der Waals surface area contributed by atoms with E-state index in [1.54, 1.807) is 0 Å². The Labute approximate surface area is 252 Å². The quantitative estimate of drug-likeness (QED) is 0.500. The average molecular weight is 575 g/mol. The van der Waals surface area contributed by atoms with Crippen molar-refractivity contribution in [3.8, 4) is 0 Å². The fourth-order valence-corrected chi connectivity index (χ4v) is 6.99. The smallest absolute Gasteiger partial charge is 0.410 e. The van der Waals surface area contributed by atoms with Crippen LogP contribution in [-0.4, -0.2) is 103 Å². The Kier molecular flexibility index (Phi) is 8.66. The van der Waals surface area contributed by atoms with Gasteiger partial charge in [-0.15, -0.1) is 0 Å². The molecule has 8 nitrogen and oxygen atoms in total. The number of anilines is 2.